The highest BCUT2D eigenvalue weighted by Gasteiger charge is 2.11. The lowest BCUT2D eigenvalue weighted by Gasteiger charge is -2.23. The molecule has 14 heavy (non-hydrogen) atoms. The molecule has 0 unspecified atom stereocenters. The second-order valence-electron chi connectivity index (χ2n) is 3.74. The lowest BCUT2D eigenvalue weighted by atomic mass is 10.1. The molecule has 1 heterocycles. The van der Waals surface area contributed by atoms with Gasteiger partial charge in [-0.2, -0.15) is 0 Å². The van der Waals surface area contributed by atoms with E-state index in [1.807, 2.05) is 6.92 Å². The molecule has 0 atom stereocenters. The maximum atomic E-state index is 5.30. The van der Waals surface area contributed by atoms with Crippen molar-refractivity contribution in [3.8, 4) is 0 Å². The van der Waals surface area contributed by atoms with E-state index in [9.17, 15) is 0 Å². The van der Waals surface area contributed by atoms with Crippen LogP contribution in [0.25, 0.3) is 0 Å². The molecule has 1 fully saturated rings. The van der Waals surface area contributed by atoms with Crippen molar-refractivity contribution < 1.29 is 9.47 Å². The predicted octanol–water partition coefficient (Wildman–Crippen LogP) is 1.57. The number of unbranched alkanes of at least 4 members (excludes halogenated alkanes) is 1. The maximum Gasteiger partial charge on any atom is 0.0480 e. The van der Waals surface area contributed by atoms with Crippen LogP contribution in [0.5, 0.6) is 0 Å². The molecule has 0 saturated carbocycles. The number of hydrogen-bond acceptors (Lipinski definition) is 3. The first-order valence-corrected chi connectivity index (χ1v) is 5.82. The molecule has 1 aliphatic heterocycles. The SMILES string of the molecule is CCOCCCCNC1CCOCC1. The van der Waals surface area contributed by atoms with E-state index in [0.717, 1.165) is 33.0 Å². The molecular formula is C11H23NO2. The van der Waals surface area contributed by atoms with Crippen molar-refractivity contribution in [3.05, 3.63) is 0 Å². The van der Waals surface area contributed by atoms with Crippen LogP contribution in [-0.2, 0) is 9.47 Å². The normalized spacial score (nSPS) is 18.6. The van der Waals surface area contributed by atoms with Crippen molar-refractivity contribution in [2.75, 3.05) is 33.0 Å². The Morgan fingerprint density at radius 3 is 2.79 bits per heavy atom. The van der Waals surface area contributed by atoms with Gasteiger partial charge in [-0.25, -0.2) is 0 Å². The summed E-state index contributed by atoms with van der Waals surface area (Å²) in [6.07, 6.45) is 4.73. The van der Waals surface area contributed by atoms with Crippen LogP contribution in [0.4, 0.5) is 0 Å². The van der Waals surface area contributed by atoms with Gasteiger partial charge >= 0.3 is 0 Å². The van der Waals surface area contributed by atoms with Gasteiger partial charge in [-0.05, 0) is 39.2 Å². The molecule has 1 rings (SSSR count). The van der Waals surface area contributed by atoms with Crippen LogP contribution in [0.3, 0.4) is 0 Å². The Kier molecular flexibility index (Phi) is 7.01. The van der Waals surface area contributed by atoms with Crippen LogP contribution >= 0.6 is 0 Å². The maximum absolute atomic E-state index is 5.30. The zero-order valence-corrected chi connectivity index (χ0v) is 9.26. The van der Waals surface area contributed by atoms with Gasteiger partial charge in [-0.1, -0.05) is 0 Å². The summed E-state index contributed by atoms with van der Waals surface area (Å²) in [5, 5.41) is 3.56. The van der Waals surface area contributed by atoms with Crippen LogP contribution in [0.2, 0.25) is 0 Å². The first-order chi connectivity index (χ1) is 6.93. The fourth-order valence-electron chi connectivity index (χ4n) is 1.68. The molecule has 1 saturated heterocycles. The highest BCUT2D eigenvalue weighted by atomic mass is 16.5. The fourth-order valence-corrected chi connectivity index (χ4v) is 1.68. The van der Waals surface area contributed by atoms with Gasteiger partial charge in [0.2, 0.25) is 0 Å². The minimum absolute atomic E-state index is 0.691. The van der Waals surface area contributed by atoms with Crippen molar-refractivity contribution >= 4 is 0 Å². The molecule has 0 amide bonds. The standard InChI is InChI=1S/C11H23NO2/c1-2-13-8-4-3-7-12-11-5-9-14-10-6-11/h11-12H,2-10H2,1H3. The van der Waals surface area contributed by atoms with E-state index in [2.05, 4.69) is 5.32 Å². The fraction of sp³-hybridized carbons (Fsp3) is 1.00. The summed E-state index contributed by atoms with van der Waals surface area (Å²) in [5.41, 5.74) is 0. The Bertz CT molecular complexity index is 124. The van der Waals surface area contributed by atoms with E-state index < -0.39 is 0 Å². The number of rotatable bonds is 7. The highest BCUT2D eigenvalue weighted by Crippen LogP contribution is 2.05. The van der Waals surface area contributed by atoms with Crippen LogP contribution in [0.15, 0.2) is 0 Å². The van der Waals surface area contributed by atoms with Crippen LogP contribution in [0, 0.1) is 0 Å². The second kappa shape index (κ2) is 8.21. The van der Waals surface area contributed by atoms with E-state index in [-0.39, 0.29) is 0 Å². The van der Waals surface area contributed by atoms with E-state index >= 15 is 0 Å². The predicted molar refractivity (Wildman–Crippen MR) is 57.6 cm³/mol. The third-order valence-corrected chi connectivity index (χ3v) is 2.57. The van der Waals surface area contributed by atoms with E-state index in [1.54, 1.807) is 0 Å². The van der Waals surface area contributed by atoms with Gasteiger partial charge in [-0.15, -0.1) is 0 Å². The van der Waals surface area contributed by atoms with Crippen molar-refractivity contribution in [3.63, 3.8) is 0 Å². The molecule has 0 aromatic heterocycles. The molecule has 84 valence electrons. The number of ether oxygens (including phenoxy) is 2. The monoisotopic (exact) mass is 201 g/mol. The summed E-state index contributed by atoms with van der Waals surface area (Å²) in [5.74, 6) is 0. The Morgan fingerprint density at radius 2 is 2.07 bits per heavy atom. The van der Waals surface area contributed by atoms with Gasteiger partial charge in [0.25, 0.3) is 0 Å². The van der Waals surface area contributed by atoms with Crippen molar-refractivity contribution in [1.29, 1.82) is 0 Å². The molecule has 0 aromatic carbocycles. The molecule has 0 aromatic rings. The van der Waals surface area contributed by atoms with Gasteiger partial charge in [-0.3, -0.25) is 0 Å². The molecule has 0 spiro atoms. The summed E-state index contributed by atoms with van der Waals surface area (Å²) >= 11 is 0. The quantitative estimate of drug-likeness (QED) is 0.634. The third kappa shape index (κ3) is 5.58. The first kappa shape index (κ1) is 12.0. The lowest BCUT2D eigenvalue weighted by Crippen LogP contribution is -2.35. The van der Waals surface area contributed by atoms with Gasteiger partial charge < -0.3 is 14.8 Å². The largest absolute Gasteiger partial charge is 0.382 e. The summed E-state index contributed by atoms with van der Waals surface area (Å²) in [4.78, 5) is 0. The number of hydrogen-bond donors (Lipinski definition) is 1. The molecule has 1 aliphatic rings. The molecule has 3 heteroatoms. The van der Waals surface area contributed by atoms with E-state index in [1.165, 1.54) is 25.7 Å². The minimum atomic E-state index is 0.691. The van der Waals surface area contributed by atoms with Crippen molar-refractivity contribution in [1.82, 2.24) is 5.32 Å². The summed E-state index contributed by atoms with van der Waals surface area (Å²) in [6, 6.07) is 0.691. The second-order valence-corrected chi connectivity index (χ2v) is 3.74. The zero-order valence-electron chi connectivity index (χ0n) is 9.26. The molecule has 1 N–H and O–H groups in total. The summed E-state index contributed by atoms with van der Waals surface area (Å²) < 4.78 is 10.6. The van der Waals surface area contributed by atoms with Crippen LogP contribution in [0.1, 0.15) is 32.6 Å². The molecule has 0 bridgehead atoms. The smallest absolute Gasteiger partial charge is 0.0480 e. The van der Waals surface area contributed by atoms with Crippen molar-refractivity contribution in [2.24, 2.45) is 0 Å². The first-order valence-electron chi connectivity index (χ1n) is 5.82. The minimum Gasteiger partial charge on any atom is -0.382 e. The summed E-state index contributed by atoms with van der Waals surface area (Å²) in [7, 11) is 0. The van der Waals surface area contributed by atoms with E-state index in [0.29, 0.717) is 6.04 Å². The lowest BCUT2D eigenvalue weighted by molar-refractivity contribution is 0.0776. The highest BCUT2D eigenvalue weighted by molar-refractivity contribution is 4.69. The third-order valence-electron chi connectivity index (χ3n) is 2.57. The van der Waals surface area contributed by atoms with Gasteiger partial charge in [0, 0.05) is 32.5 Å². The Balaban J connectivity index is 1.82. The molecule has 0 aliphatic carbocycles. The Morgan fingerprint density at radius 1 is 1.29 bits per heavy atom. The topological polar surface area (TPSA) is 30.5 Å². The van der Waals surface area contributed by atoms with Crippen LogP contribution in [-0.4, -0.2) is 39.0 Å². The zero-order chi connectivity index (χ0) is 10.1. The van der Waals surface area contributed by atoms with Gasteiger partial charge in [0.05, 0.1) is 0 Å². The van der Waals surface area contributed by atoms with Crippen molar-refractivity contribution in [2.45, 2.75) is 38.6 Å². The average Bonchev–Trinajstić information content (AvgIpc) is 2.25. The summed E-state index contributed by atoms with van der Waals surface area (Å²) in [6.45, 7) is 6.77. The molecule has 3 nitrogen and oxygen atoms in total. The molecular weight excluding hydrogens is 178 g/mol. The Labute approximate surface area is 87.2 Å². The average molecular weight is 201 g/mol. The molecule has 0 radical (unpaired) electrons. The number of nitrogens with one attached hydrogen (secondary N) is 1. The van der Waals surface area contributed by atoms with E-state index in [4.69, 9.17) is 9.47 Å². The van der Waals surface area contributed by atoms with Crippen LogP contribution < -0.4 is 5.32 Å². The van der Waals surface area contributed by atoms with Gasteiger partial charge in [0.15, 0.2) is 0 Å². The van der Waals surface area contributed by atoms with Gasteiger partial charge in [0.1, 0.15) is 0 Å². The Hall–Kier alpha value is -0.120.